The molecule has 0 aliphatic carbocycles. The second-order valence-electron chi connectivity index (χ2n) is 3.76. The lowest BCUT2D eigenvalue weighted by Gasteiger charge is -2.24. The SMILES string of the molecule is CC(C)C(=O)NCC1CNCCN1. The third kappa shape index (κ3) is 3.74. The summed E-state index contributed by atoms with van der Waals surface area (Å²) in [5.41, 5.74) is 0. The molecule has 0 bridgehead atoms. The van der Waals surface area contributed by atoms with Gasteiger partial charge in [-0.3, -0.25) is 4.79 Å². The minimum absolute atomic E-state index is 0.0801. The third-order valence-electron chi connectivity index (χ3n) is 2.17. The van der Waals surface area contributed by atoms with Crippen molar-refractivity contribution >= 4 is 5.91 Å². The van der Waals surface area contributed by atoms with Gasteiger partial charge in [0.2, 0.25) is 5.91 Å². The van der Waals surface area contributed by atoms with Gasteiger partial charge in [-0.25, -0.2) is 0 Å². The van der Waals surface area contributed by atoms with Crippen LogP contribution in [-0.2, 0) is 4.79 Å². The second kappa shape index (κ2) is 5.19. The number of nitrogens with one attached hydrogen (secondary N) is 3. The molecule has 1 fully saturated rings. The van der Waals surface area contributed by atoms with E-state index < -0.39 is 0 Å². The molecule has 0 aromatic rings. The Morgan fingerprint density at radius 1 is 1.54 bits per heavy atom. The minimum atomic E-state index is 0.0801. The van der Waals surface area contributed by atoms with Gasteiger partial charge in [0.05, 0.1) is 0 Å². The molecular formula is C9H19N3O. The first kappa shape index (κ1) is 10.5. The van der Waals surface area contributed by atoms with E-state index in [1.807, 2.05) is 13.8 Å². The number of carbonyl (C=O) groups is 1. The Labute approximate surface area is 79.5 Å². The van der Waals surface area contributed by atoms with Crippen molar-refractivity contribution in [3.63, 3.8) is 0 Å². The third-order valence-corrected chi connectivity index (χ3v) is 2.17. The molecule has 1 atom stereocenters. The Morgan fingerprint density at radius 3 is 2.85 bits per heavy atom. The molecule has 0 aromatic heterocycles. The van der Waals surface area contributed by atoms with Crippen LogP contribution in [0.15, 0.2) is 0 Å². The molecular weight excluding hydrogens is 166 g/mol. The Kier molecular flexibility index (Phi) is 4.18. The van der Waals surface area contributed by atoms with E-state index in [4.69, 9.17) is 0 Å². The van der Waals surface area contributed by atoms with Crippen LogP contribution in [0.25, 0.3) is 0 Å². The zero-order valence-corrected chi connectivity index (χ0v) is 8.39. The lowest BCUT2D eigenvalue weighted by molar-refractivity contribution is -0.124. The normalized spacial score (nSPS) is 23.2. The van der Waals surface area contributed by atoms with Gasteiger partial charge in [-0.1, -0.05) is 13.8 Å². The lowest BCUT2D eigenvalue weighted by Crippen LogP contribution is -2.53. The van der Waals surface area contributed by atoms with Gasteiger partial charge >= 0.3 is 0 Å². The van der Waals surface area contributed by atoms with Gasteiger partial charge in [-0.2, -0.15) is 0 Å². The molecule has 3 N–H and O–H groups in total. The van der Waals surface area contributed by atoms with Gasteiger partial charge in [0.25, 0.3) is 0 Å². The van der Waals surface area contributed by atoms with Gasteiger partial charge in [-0.15, -0.1) is 0 Å². The number of carbonyl (C=O) groups excluding carboxylic acids is 1. The van der Waals surface area contributed by atoms with E-state index in [0.29, 0.717) is 6.04 Å². The molecule has 4 heteroatoms. The molecule has 1 heterocycles. The summed E-state index contributed by atoms with van der Waals surface area (Å²) >= 11 is 0. The van der Waals surface area contributed by atoms with Crippen LogP contribution in [0.5, 0.6) is 0 Å². The summed E-state index contributed by atoms with van der Waals surface area (Å²) in [5, 5.41) is 9.52. The highest BCUT2D eigenvalue weighted by Crippen LogP contribution is 1.91. The van der Waals surface area contributed by atoms with E-state index in [2.05, 4.69) is 16.0 Å². The van der Waals surface area contributed by atoms with Gasteiger partial charge in [0.15, 0.2) is 0 Å². The maximum Gasteiger partial charge on any atom is 0.222 e. The van der Waals surface area contributed by atoms with Crippen LogP contribution in [0.3, 0.4) is 0 Å². The van der Waals surface area contributed by atoms with Crippen LogP contribution in [-0.4, -0.2) is 38.1 Å². The van der Waals surface area contributed by atoms with Gasteiger partial charge in [0, 0.05) is 38.1 Å². The van der Waals surface area contributed by atoms with Gasteiger partial charge in [0.1, 0.15) is 0 Å². The number of piperazine rings is 1. The van der Waals surface area contributed by atoms with E-state index >= 15 is 0 Å². The highest BCUT2D eigenvalue weighted by molar-refractivity contribution is 5.77. The topological polar surface area (TPSA) is 53.2 Å². The molecule has 1 aliphatic heterocycles. The fraction of sp³-hybridized carbons (Fsp3) is 0.889. The maximum atomic E-state index is 11.2. The molecule has 0 radical (unpaired) electrons. The molecule has 1 unspecified atom stereocenters. The van der Waals surface area contributed by atoms with E-state index in [-0.39, 0.29) is 11.8 Å². The summed E-state index contributed by atoms with van der Waals surface area (Å²) in [6.07, 6.45) is 0. The lowest BCUT2D eigenvalue weighted by atomic mass is 10.2. The van der Waals surface area contributed by atoms with Crippen LogP contribution in [0.4, 0.5) is 0 Å². The fourth-order valence-electron chi connectivity index (χ4n) is 1.29. The summed E-state index contributed by atoms with van der Waals surface area (Å²) in [6, 6.07) is 0.386. The number of amides is 1. The van der Waals surface area contributed by atoms with Gasteiger partial charge < -0.3 is 16.0 Å². The van der Waals surface area contributed by atoms with E-state index in [9.17, 15) is 4.79 Å². The number of hydrogen-bond donors (Lipinski definition) is 3. The molecule has 0 saturated carbocycles. The quantitative estimate of drug-likeness (QED) is 0.546. The summed E-state index contributed by atoms with van der Waals surface area (Å²) < 4.78 is 0. The predicted molar refractivity (Wildman–Crippen MR) is 52.5 cm³/mol. The Hall–Kier alpha value is -0.610. The van der Waals surface area contributed by atoms with Crippen LogP contribution in [0, 0.1) is 5.92 Å². The Morgan fingerprint density at radius 2 is 2.31 bits per heavy atom. The van der Waals surface area contributed by atoms with Crippen molar-refractivity contribution in [3.8, 4) is 0 Å². The second-order valence-corrected chi connectivity index (χ2v) is 3.76. The zero-order valence-electron chi connectivity index (χ0n) is 8.39. The molecule has 4 nitrogen and oxygen atoms in total. The number of hydrogen-bond acceptors (Lipinski definition) is 3. The molecule has 0 aromatic carbocycles. The molecule has 1 rings (SSSR count). The van der Waals surface area contributed by atoms with E-state index in [1.165, 1.54) is 0 Å². The predicted octanol–water partition coefficient (Wildman–Crippen LogP) is -0.680. The monoisotopic (exact) mass is 185 g/mol. The smallest absolute Gasteiger partial charge is 0.222 e. The summed E-state index contributed by atoms with van der Waals surface area (Å²) in [6.45, 7) is 7.49. The van der Waals surface area contributed by atoms with E-state index in [0.717, 1.165) is 26.2 Å². The molecule has 1 aliphatic rings. The van der Waals surface area contributed by atoms with Crippen LogP contribution < -0.4 is 16.0 Å². The van der Waals surface area contributed by atoms with Crippen molar-refractivity contribution in [2.45, 2.75) is 19.9 Å². The van der Waals surface area contributed by atoms with Crippen molar-refractivity contribution in [2.75, 3.05) is 26.2 Å². The van der Waals surface area contributed by atoms with Crippen LogP contribution in [0.1, 0.15) is 13.8 Å². The van der Waals surface area contributed by atoms with Crippen molar-refractivity contribution in [2.24, 2.45) is 5.92 Å². The van der Waals surface area contributed by atoms with Crippen molar-refractivity contribution in [3.05, 3.63) is 0 Å². The summed E-state index contributed by atoms with van der Waals surface area (Å²) in [4.78, 5) is 11.2. The Bertz CT molecular complexity index is 164. The maximum absolute atomic E-state index is 11.2. The molecule has 1 amide bonds. The molecule has 0 spiro atoms. The molecule has 1 saturated heterocycles. The first-order valence-corrected chi connectivity index (χ1v) is 4.92. The first-order chi connectivity index (χ1) is 6.20. The van der Waals surface area contributed by atoms with Crippen molar-refractivity contribution in [1.29, 1.82) is 0 Å². The minimum Gasteiger partial charge on any atom is -0.354 e. The van der Waals surface area contributed by atoms with Crippen LogP contribution >= 0.6 is 0 Å². The molecule has 13 heavy (non-hydrogen) atoms. The van der Waals surface area contributed by atoms with Crippen molar-refractivity contribution < 1.29 is 4.79 Å². The number of rotatable bonds is 3. The highest BCUT2D eigenvalue weighted by Gasteiger charge is 2.13. The van der Waals surface area contributed by atoms with Crippen LogP contribution in [0.2, 0.25) is 0 Å². The van der Waals surface area contributed by atoms with Crippen molar-refractivity contribution in [1.82, 2.24) is 16.0 Å². The fourth-order valence-corrected chi connectivity index (χ4v) is 1.29. The van der Waals surface area contributed by atoms with E-state index in [1.54, 1.807) is 0 Å². The molecule has 76 valence electrons. The highest BCUT2D eigenvalue weighted by atomic mass is 16.1. The zero-order chi connectivity index (χ0) is 9.68. The first-order valence-electron chi connectivity index (χ1n) is 4.92. The average Bonchev–Trinajstić information content (AvgIpc) is 2.15. The standard InChI is InChI=1S/C9H19N3O/c1-7(2)9(13)12-6-8-5-10-3-4-11-8/h7-8,10-11H,3-6H2,1-2H3,(H,12,13). The largest absolute Gasteiger partial charge is 0.354 e. The Balaban J connectivity index is 2.13. The summed E-state index contributed by atoms with van der Waals surface area (Å²) in [5.74, 6) is 0.212. The van der Waals surface area contributed by atoms with Gasteiger partial charge in [-0.05, 0) is 0 Å². The average molecular weight is 185 g/mol. The summed E-state index contributed by atoms with van der Waals surface area (Å²) in [7, 11) is 0.